The van der Waals surface area contributed by atoms with E-state index in [1.54, 1.807) is 6.07 Å². The molecule has 0 amide bonds. The second kappa shape index (κ2) is 5.00. The Balaban J connectivity index is 2.68. The molecule has 0 bridgehead atoms. The molecule has 0 fully saturated rings. The molecule has 0 unspecified atom stereocenters. The third-order valence-electron chi connectivity index (χ3n) is 2.55. The van der Waals surface area contributed by atoms with Crippen molar-refractivity contribution < 1.29 is 4.39 Å². The number of aryl methyl sites for hydroxylation is 1. The summed E-state index contributed by atoms with van der Waals surface area (Å²) in [6.07, 6.45) is 1.02. The van der Waals surface area contributed by atoms with Crippen LogP contribution in [0.2, 0.25) is 0 Å². The van der Waals surface area contributed by atoms with Crippen LogP contribution in [0.3, 0.4) is 0 Å². The molecule has 1 aromatic carbocycles. The van der Waals surface area contributed by atoms with Gasteiger partial charge in [-0.25, -0.2) is 9.37 Å². The van der Waals surface area contributed by atoms with Crippen LogP contribution < -0.4 is 5.32 Å². The molecule has 0 aliphatic carbocycles. The van der Waals surface area contributed by atoms with Crippen LogP contribution in [-0.4, -0.2) is 11.5 Å². The van der Waals surface area contributed by atoms with E-state index < -0.39 is 0 Å². The summed E-state index contributed by atoms with van der Waals surface area (Å²) in [5.74, 6) is -0.286. The number of pyridine rings is 1. The fourth-order valence-electron chi connectivity index (χ4n) is 1.80. The zero-order chi connectivity index (χ0) is 12.4. The van der Waals surface area contributed by atoms with Crippen molar-refractivity contribution in [2.75, 3.05) is 11.9 Å². The van der Waals surface area contributed by atoms with E-state index in [1.165, 1.54) is 6.07 Å². The summed E-state index contributed by atoms with van der Waals surface area (Å²) in [6.45, 7) is 4.83. The molecule has 0 saturated heterocycles. The van der Waals surface area contributed by atoms with Gasteiger partial charge in [0.25, 0.3) is 0 Å². The van der Waals surface area contributed by atoms with Crippen LogP contribution in [0.1, 0.15) is 19.0 Å². The number of fused-ring (bicyclic) bond motifs is 1. The number of benzene rings is 1. The van der Waals surface area contributed by atoms with Crippen molar-refractivity contribution in [3.63, 3.8) is 0 Å². The fourth-order valence-corrected chi connectivity index (χ4v) is 2.33. The highest BCUT2D eigenvalue weighted by atomic mass is 79.9. The van der Waals surface area contributed by atoms with Gasteiger partial charge in [0.2, 0.25) is 0 Å². The van der Waals surface area contributed by atoms with Crippen molar-refractivity contribution in [3.8, 4) is 0 Å². The highest BCUT2D eigenvalue weighted by Crippen LogP contribution is 2.31. The molecule has 0 aliphatic heterocycles. The van der Waals surface area contributed by atoms with Crippen molar-refractivity contribution in [1.82, 2.24) is 4.98 Å². The Labute approximate surface area is 108 Å². The second-order valence-electron chi connectivity index (χ2n) is 3.99. The Kier molecular flexibility index (Phi) is 3.62. The molecule has 0 spiro atoms. The van der Waals surface area contributed by atoms with Gasteiger partial charge >= 0.3 is 0 Å². The van der Waals surface area contributed by atoms with E-state index in [-0.39, 0.29) is 5.82 Å². The number of anilines is 1. The van der Waals surface area contributed by atoms with Crippen molar-refractivity contribution in [2.24, 2.45) is 0 Å². The lowest BCUT2D eigenvalue weighted by molar-refractivity contribution is 0.636. The molecule has 2 aromatic rings. The molecule has 0 saturated carbocycles. The van der Waals surface area contributed by atoms with Crippen LogP contribution in [-0.2, 0) is 0 Å². The first-order chi connectivity index (χ1) is 8.13. The topological polar surface area (TPSA) is 24.9 Å². The first kappa shape index (κ1) is 12.3. The molecular weight excluding hydrogens is 283 g/mol. The molecule has 2 nitrogen and oxygen atoms in total. The van der Waals surface area contributed by atoms with Gasteiger partial charge in [-0.15, -0.1) is 0 Å². The van der Waals surface area contributed by atoms with Gasteiger partial charge in [0.1, 0.15) is 11.3 Å². The molecule has 17 heavy (non-hydrogen) atoms. The van der Waals surface area contributed by atoms with Gasteiger partial charge in [-0.2, -0.15) is 0 Å². The highest BCUT2D eigenvalue weighted by Gasteiger charge is 2.11. The Morgan fingerprint density at radius 1 is 1.41 bits per heavy atom. The number of halogens is 2. The summed E-state index contributed by atoms with van der Waals surface area (Å²) in [4.78, 5) is 4.26. The van der Waals surface area contributed by atoms with Gasteiger partial charge in [-0.05, 0) is 31.5 Å². The smallest absolute Gasteiger partial charge is 0.149 e. The first-order valence-electron chi connectivity index (χ1n) is 5.62. The van der Waals surface area contributed by atoms with Crippen LogP contribution in [0.5, 0.6) is 0 Å². The van der Waals surface area contributed by atoms with Crippen molar-refractivity contribution in [2.45, 2.75) is 20.3 Å². The summed E-state index contributed by atoms with van der Waals surface area (Å²) < 4.78 is 14.6. The Hall–Kier alpha value is -1.16. The van der Waals surface area contributed by atoms with E-state index in [9.17, 15) is 4.39 Å². The van der Waals surface area contributed by atoms with Crippen LogP contribution in [0.4, 0.5) is 10.1 Å². The third kappa shape index (κ3) is 2.41. The molecule has 0 aliphatic rings. The van der Waals surface area contributed by atoms with E-state index in [4.69, 9.17) is 0 Å². The third-order valence-corrected chi connectivity index (χ3v) is 3.21. The fraction of sp³-hybridized carbons (Fsp3) is 0.308. The average molecular weight is 297 g/mol. The van der Waals surface area contributed by atoms with Crippen LogP contribution in [0.15, 0.2) is 22.7 Å². The predicted octanol–water partition coefficient (Wildman–Crippen LogP) is 4.27. The minimum absolute atomic E-state index is 0.286. The Morgan fingerprint density at radius 3 is 2.88 bits per heavy atom. The minimum Gasteiger partial charge on any atom is -0.384 e. The number of rotatable bonds is 3. The van der Waals surface area contributed by atoms with Crippen LogP contribution in [0.25, 0.3) is 10.9 Å². The van der Waals surface area contributed by atoms with Crippen molar-refractivity contribution >= 4 is 32.5 Å². The van der Waals surface area contributed by atoms with Crippen LogP contribution >= 0.6 is 15.9 Å². The first-order valence-corrected chi connectivity index (χ1v) is 6.42. The number of nitrogens with one attached hydrogen (secondary N) is 1. The molecule has 0 radical (unpaired) electrons. The van der Waals surface area contributed by atoms with E-state index in [0.29, 0.717) is 5.52 Å². The standard InChI is InChI=1S/C13H14BrFN2/c1-3-6-16-11-7-8(2)17-13-10(15)5-4-9(14)12(11)13/h4-5,7H,3,6H2,1-2H3,(H,16,17). The normalized spacial score (nSPS) is 10.8. The maximum atomic E-state index is 13.7. The number of hydrogen-bond acceptors (Lipinski definition) is 2. The summed E-state index contributed by atoms with van der Waals surface area (Å²) in [5.41, 5.74) is 2.16. The summed E-state index contributed by atoms with van der Waals surface area (Å²) in [7, 11) is 0. The quantitative estimate of drug-likeness (QED) is 0.915. The SMILES string of the molecule is CCCNc1cc(C)nc2c(F)ccc(Br)c12. The van der Waals surface area contributed by atoms with Gasteiger partial charge in [-0.3, -0.25) is 0 Å². The number of aromatic nitrogens is 1. The molecule has 4 heteroatoms. The largest absolute Gasteiger partial charge is 0.384 e. The molecule has 1 heterocycles. The molecule has 1 aromatic heterocycles. The van der Waals surface area contributed by atoms with E-state index in [0.717, 1.165) is 34.2 Å². The van der Waals surface area contributed by atoms with Crippen LogP contribution in [0, 0.1) is 12.7 Å². The lowest BCUT2D eigenvalue weighted by Crippen LogP contribution is -2.02. The van der Waals surface area contributed by atoms with Gasteiger partial charge in [0.05, 0.1) is 0 Å². The van der Waals surface area contributed by atoms with E-state index in [1.807, 2.05) is 13.0 Å². The van der Waals surface area contributed by atoms with Gasteiger partial charge in [0, 0.05) is 27.8 Å². The van der Waals surface area contributed by atoms with Gasteiger partial charge < -0.3 is 5.32 Å². The Bertz CT molecular complexity index is 555. The second-order valence-corrected chi connectivity index (χ2v) is 4.85. The number of nitrogens with zero attached hydrogens (tertiary/aromatic N) is 1. The monoisotopic (exact) mass is 296 g/mol. The predicted molar refractivity (Wildman–Crippen MR) is 72.9 cm³/mol. The van der Waals surface area contributed by atoms with E-state index in [2.05, 4.69) is 33.2 Å². The molecule has 0 atom stereocenters. The molecule has 1 N–H and O–H groups in total. The summed E-state index contributed by atoms with van der Waals surface area (Å²) in [5, 5.41) is 4.12. The maximum absolute atomic E-state index is 13.7. The zero-order valence-electron chi connectivity index (χ0n) is 9.85. The lowest BCUT2D eigenvalue weighted by atomic mass is 10.1. The van der Waals surface area contributed by atoms with Crippen molar-refractivity contribution in [1.29, 1.82) is 0 Å². The summed E-state index contributed by atoms with van der Waals surface area (Å²) in [6, 6.07) is 5.09. The Morgan fingerprint density at radius 2 is 2.18 bits per heavy atom. The lowest BCUT2D eigenvalue weighted by Gasteiger charge is -2.11. The number of hydrogen-bond donors (Lipinski definition) is 1. The van der Waals surface area contributed by atoms with Gasteiger partial charge in [-0.1, -0.05) is 22.9 Å². The highest BCUT2D eigenvalue weighted by molar-refractivity contribution is 9.10. The van der Waals surface area contributed by atoms with Crippen molar-refractivity contribution in [3.05, 3.63) is 34.2 Å². The molecular formula is C13H14BrFN2. The van der Waals surface area contributed by atoms with Gasteiger partial charge in [0.15, 0.2) is 0 Å². The van der Waals surface area contributed by atoms with E-state index >= 15 is 0 Å². The molecule has 90 valence electrons. The maximum Gasteiger partial charge on any atom is 0.149 e. The summed E-state index contributed by atoms with van der Waals surface area (Å²) >= 11 is 3.45. The zero-order valence-corrected chi connectivity index (χ0v) is 11.4. The average Bonchev–Trinajstić information content (AvgIpc) is 2.30. The molecule has 2 rings (SSSR count). The minimum atomic E-state index is -0.286.